The molecule has 0 radical (unpaired) electrons. The highest BCUT2D eigenvalue weighted by molar-refractivity contribution is 5.96. The number of nitrogens with one attached hydrogen (secondary N) is 1. The zero-order valence-corrected chi connectivity index (χ0v) is 16.4. The quantitative estimate of drug-likeness (QED) is 0.624. The molecule has 1 fully saturated rings. The zero-order valence-electron chi connectivity index (χ0n) is 16.4. The summed E-state index contributed by atoms with van der Waals surface area (Å²) >= 11 is 0. The van der Waals surface area contributed by atoms with Gasteiger partial charge in [0.25, 0.3) is 0 Å². The molecule has 0 amide bonds. The minimum absolute atomic E-state index is 0. The van der Waals surface area contributed by atoms with Crippen molar-refractivity contribution in [2.24, 2.45) is 7.05 Å². The van der Waals surface area contributed by atoms with Crippen molar-refractivity contribution in [1.82, 2.24) is 14.9 Å². The number of pyridine rings is 2. The van der Waals surface area contributed by atoms with Gasteiger partial charge >= 0.3 is 5.97 Å². The molecule has 2 unspecified atom stereocenters. The molecule has 3 heterocycles. The highest BCUT2D eigenvalue weighted by Crippen LogP contribution is 2.28. The smallest absolute Gasteiger partial charge is 0.341 e. The van der Waals surface area contributed by atoms with E-state index in [9.17, 15) is 19.1 Å². The Kier molecular flexibility index (Phi) is 5.29. The van der Waals surface area contributed by atoms with E-state index in [1.54, 1.807) is 13.1 Å². The molecule has 2 atom stereocenters. The summed E-state index contributed by atoms with van der Waals surface area (Å²) in [6, 6.07) is 5.05. The first kappa shape index (κ1) is 20.7. The number of carbonyl (C=O) groups is 1. The van der Waals surface area contributed by atoms with E-state index < -0.39 is 11.4 Å². The molecule has 3 aromatic rings. The van der Waals surface area contributed by atoms with Crippen LogP contribution in [0.5, 0.6) is 0 Å². The van der Waals surface area contributed by atoms with Gasteiger partial charge in [0.15, 0.2) is 0 Å². The fourth-order valence-corrected chi connectivity index (χ4v) is 3.99. The fourth-order valence-electron chi connectivity index (χ4n) is 3.99. The van der Waals surface area contributed by atoms with Crippen LogP contribution >= 0.6 is 0 Å². The number of piperazine rings is 1. The van der Waals surface area contributed by atoms with Crippen LogP contribution in [0.1, 0.15) is 24.2 Å². The third kappa shape index (κ3) is 3.54. The van der Waals surface area contributed by atoms with Crippen molar-refractivity contribution in [3.63, 3.8) is 0 Å². The van der Waals surface area contributed by atoms with Gasteiger partial charge in [-0.25, -0.2) is 14.2 Å². The third-order valence-corrected chi connectivity index (χ3v) is 5.14. The first-order valence-electron chi connectivity index (χ1n) is 9.12. The van der Waals surface area contributed by atoms with Crippen LogP contribution in [-0.4, -0.2) is 51.3 Å². The number of rotatable bonds is 2. The van der Waals surface area contributed by atoms with E-state index in [2.05, 4.69) is 24.1 Å². The van der Waals surface area contributed by atoms with Crippen molar-refractivity contribution >= 4 is 33.6 Å². The van der Waals surface area contributed by atoms with Crippen LogP contribution in [-0.2, 0) is 7.05 Å². The SMILES string of the molecule is CC1CN(c2cc3nc4c(cc3cc2F)c(=O)c(C(=O)O)cn4C)CC(C)N1.O. The van der Waals surface area contributed by atoms with Gasteiger partial charge in [-0.05, 0) is 32.0 Å². The standard InChI is InChI=1S/C20H21FN4O3.H2O/c1-10-7-25(8-11(2)22-10)17-6-16-12(5-15(17)21)4-13-18(26)14(20(27)28)9-24(3)19(13)23-16;/h4-6,9-11,22H,7-8H2,1-3H3,(H,27,28);1H2. The second-order valence-electron chi connectivity index (χ2n) is 7.52. The molecule has 9 heteroatoms. The molecule has 1 aromatic carbocycles. The van der Waals surface area contributed by atoms with Crippen LogP contribution in [0.2, 0.25) is 0 Å². The number of aromatic nitrogens is 2. The number of nitrogens with zero attached hydrogens (tertiary/aromatic N) is 3. The van der Waals surface area contributed by atoms with Gasteiger partial charge in [0, 0.05) is 43.8 Å². The summed E-state index contributed by atoms with van der Waals surface area (Å²) < 4.78 is 16.4. The van der Waals surface area contributed by atoms with Crippen LogP contribution in [0.3, 0.4) is 0 Å². The molecule has 0 bridgehead atoms. The topological polar surface area (TPSA) is 119 Å². The van der Waals surface area contributed by atoms with E-state index in [-0.39, 0.29) is 34.3 Å². The van der Waals surface area contributed by atoms with Gasteiger partial charge < -0.3 is 25.4 Å². The van der Waals surface area contributed by atoms with E-state index in [0.29, 0.717) is 35.3 Å². The van der Waals surface area contributed by atoms with Gasteiger partial charge in [0.2, 0.25) is 5.43 Å². The second-order valence-corrected chi connectivity index (χ2v) is 7.52. The Morgan fingerprint density at radius 1 is 1.24 bits per heavy atom. The van der Waals surface area contributed by atoms with Crippen LogP contribution in [0.25, 0.3) is 21.9 Å². The summed E-state index contributed by atoms with van der Waals surface area (Å²) in [6.07, 6.45) is 1.26. The summed E-state index contributed by atoms with van der Waals surface area (Å²) in [5.74, 6) is -1.69. The van der Waals surface area contributed by atoms with Gasteiger partial charge in [-0.15, -0.1) is 0 Å². The number of hydrogen-bond donors (Lipinski definition) is 2. The Hall–Kier alpha value is -3.04. The highest BCUT2D eigenvalue weighted by atomic mass is 19.1. The number of aryl methyl sites for hydroxylation is 1. The number of anilines is 1. The lowest BCUT2D eigenvalue weighted by Gasteiger charge is -2.37. The Morgan fingerprint density at radius 2 is 1.90 bits per heavy atom. The second kappa shape index (κ2) is 7.41. The summed E-state index contributed by atoms with van der Waals surface area (Å²) in [5.41, 5.74) is 0.441. The van der Waals surface area contributed by atoms with E-state index in [1.165, 1.54) is 22.9 Å². The predicted octanol–water partition coefficient (Wildman–Crippen LogP) is 1.29. The van der Waals surface area contributed by atoms with Crippen molar-refractivity contribution < 1.29 is 19.8 Å². The van der Waals surface area contributed by atoms with Crippen molar-refractivity contribution in [3.8, 4) is 0 Å². The maximum atomic E-state index is 14.9. The van der Waals surface area contributed by atoms with Gasteiger partial charge in [-0.1, -0.05) is 0 Å². The maximum absolute atomic E-state index is 14.9. The van der Waals surface area contributed by atoms with Crippen LogP contribution in [0.15, 0.2) is 29.2 Å². The monoisotopic (exact) mass is 402 g/mol. The van der Waals surface area contributed by atoms with Crippen LogP contribution in [0.4, 0.5) is 10.1 Å². The number of aromatic carboxylic acids is 1. The molecule has 1 aliphatic rings. The normalized spacial score (nSPS) is 19.4. The lowest BCUT2D eigenvalue weighted by molar-refractivity contribution is 0.0695. The molecule has 4 N–H and O–H groups in total. The highest BCUT2D eigenvalue weighted by Gasteiger charge is 2.24. The van der Waals surface area contributed by atoms with Gasteiger partial charge in [-0.3, -0.25) is 4.79 Å². The molecule has 2 aromatic heterocycles. The van der Waals surface area contributed by atoms with Crippen LogP contribution < -0.4 is 15.6 Å². The van der Waals surface area contributed by atoms with E-state index in [1.807, 2.05) is 4.90 Å². The summed E-state index contributed by atoms with van der Waals surface area (Å²) in [4.78, 5) is 30.3. The molecular formula is C20H23FN4O4. The Bertz CT molecular complexity index is 1170. The molecule has 1 aliphatic heterocycles. The Balaban J connectivity index is 0.00000240. The Morgan fingerprint density at radius 3 is 2.52 bits per heavy atom. The third-order valence-electron chi connectivity index (χ3n) is 5.14. The average molecular weight is 402 g/mol. The molecule has 1 saturated heterocycles. The molecule has 154 valence electrons. The number of carboxylic acid groups (broad SMARTS) is 1. The lowest BCUT2D eigenvalue weighted by Crippen LogP contribution is -2.54. The largest absolute Gasteiger partial charge is 0.477 e. The van der Waals surface area contributed by atoms with Crippen molar-refractivity contribution in [3.05, 3.63) is 46.0 Å². The Labute approximate surface area is 165 Å². The predicted molar refractivity (Wildman–Crippen MR) is 109 cm³/mol. The molecule has 0 spiro atoms. The molecule has 0 saturated carbocycles. The molecular weight excluding hydrogens is 379 g/mol. The maximum Gasteiger partial charge on any atom is 0.341 e. The van der Waals surface area contributed by atoms with Gasteiger partial charge in [-0.2, -0.15) is 0 Å². The molecule has 29 heavy (non-hydrogen) atoms. The van der Waals surface area contributed by atoms with E-state index in [4.69, 9.17) is 0 Å². The first-order chi connectivity index (χ1) is 13.2. The van der Waals surface area contributed by atoms with E-state index in [0.717, 1.165) is 0 Å². The molecule has 4 rings (SSSR count). The number of hydrogen-bond acceptors (Lipinski definition) is 5. The summed E-state index contributed by atoms with van der Waals surface area (Å²) in [7, 11) is 1.64. The van der Waals surface area contributed by atoms with Crippen molar-refractivity contribution in [1.29, 1.82) is 0 Å². The van der Waals surface area contributed by atoms with Crippen molar-refractivity contribution in [2.45, 2.75) is 25.9 Å². The van der Waals surface area contributed by atoms with Crippen LogP contribution in [0, 0.1) is 5.82 Å². The van der Waals surface area contributed by atoms with Gasteiger partial charge in [0.05, 0.1) is 16.6 Å². The van der Waals surface area contributed by atoms with Gasteiger partial charge in [0.1, 0.15) is 17.0 Å². The number of carboxylic acids is 1. The average Bonchev–Trinajstić information content (AvgIpc) is 2.62. The molecule has 8 nitrogen and oxygen atoms in total. The fraction of sp³-hybridized carbons (Fsp3) is 0.350. The molecule has 0 aliphatic carbocycles. The van der Waals surface area contributed by atoms with Crippen molar-refractivity contribution in [2.75, 3.05) is 18.0 Å². The van der Waals surface area contributed by atoms with E-state index >= 15 is 0 Å². The number of benzene rings is 1. The summed E-state index contributed by atoms with van der Waals surface area (Å²) in [5, 5.41) is 13.3. The number of halogens is 1. The minimum Gasteiger partial charge on any atom is -0.477 e. The first-order valence-corrected chi connectivity index (χ1v) is 9.12. The zero-order chi connectivity index (χ0) is 20.2. The number of fused-ring (bicyclic) bond motifs is 2. The summed E-state index contributed by atoms with van der Waals surface area (Å²) in [6.45, 7) is 5.48. The minimum atomic E-state index is -1.30. The lowest BCUT2D eigenvalue weighted by atomic mass is 10.1.